The lowest BCUT2D eigenvalue weighted by Crippen LogP contribution is -2.43. The van der Waals surface area contributed by atoms with Crippen LogP contribution >= 0.6 is 0 Å². The number of piperidine rings is 1. The molecule has 1 atom stereocenters. The van der Waals surface area contributed by atoms with E-state index in [0.717, 1.165) is 19.0 Å². The van der Waals surface area contributed by atoms with Crippen molar-refractivity contribution in [3.05, 3.63) is 0 Å². The van der Waals surface area contributed by atoms with Crippen LogP contribution in [0.2, 0.25) is 0 Å². The Labute approximate surface area is 88.3 Å². The van der Waals surface area contributed by atoms with Crippen molar-refractivity contribution < 1.29 is 5.11 Å². The maximum absolute atomic E-state index is 9.07. The van der Waals surface area contributed by atoms with Crippen molar-refractivity contribution in [2.45, 2.75) is 46.6 Å². The number of rotatable bonds is 2. The Balaban J connectivity index is 2.39. The van der Waals surface area contributed by atoms with Crippen molar-refractivity contribution in [3.63, 3.8) is 0 Å². The van der Waals surface area contributed by atoms with E-state index < -0.39 is 0 Å². The first-order valence-corrected chi connectivity index (χ1v) is 5.80. The van der Waals surface area contributed by atoms with Gasteiger partial charge in [-0.05, 0) is 44.2 Å². The lowest BCUT2D eigenvalue weighted by atomic mass is 9.75. The molecule has 0 aliphatic carbocycles. The topological polar surface area (TPSA) is 23.5 Å². The molecule has 0 spiro atoms. The first-order valence-electron chi connectivity index (χ1n) is 5.80. The predicted molar refractivity (Wildman–Crippen MR) is 60.3 cm³/mol. The molecule has 2 heteroatoms. The smallest absolute Gasteiger partial charge is 0.0584 e. The van der Waals surface area contributed by atoms with E-state index in [1.165, 1.54) is 12.8 Å². The standard InChI is InChI=1S/C12H25NO/c1-10(9-14)13-7-5-11(6-8-13)12(2,3)4/h10-11,14H,5-9H2,1-4H3. The minimum Gasteiger partial charge on any atom is -0.395 e. The summed E-state index contributed by atoms with van der Waals surface area (Å²) in [6.07, 6.45) is 2.57. The Morgan fingerprint density at radius 3 is 2.14 bits per heavy atom. The molecule has 2 nitrogen and oxygen atoms in total. The van der Waals surface area contributed by atoms with E-state index in [1.807, 2.05) is 0 Å². The van der Waals surface area contributed by atoms with Gasteiger partial charge in [0, 0.05) is 6.04 Å². The van der Waals surface area contributed by atoms with Gasteiger partial charge in [0.2, 0.25) is 0 Å². The van der Waals surface area contributed by atoms with Crippen LogP contribution in [0.4, 0.5) is 0 Å². The van der Waals surface area contributed by atoms with Crippen LogP contribution in [0.3, 0.4) is 0 Å². The van der Waals surface area contributed by atoms with Gasteiger partial charge in [0.05, 0.1) is 6.61 Å². The fourth-order valence-electron chi connectivity index (χ4n) is 2.32. The molecular weight excluding hydrogens is 174 g/mol. The highest BCUT2D eigenvalue weighted by molar-refractivity contribution is 4.82. The van der Waals surface area contributed by atoms with Crippen molar-refractivity contribution >= 4 is 0 Å². The summed E-state index contributed by atoms with van der Waals surface area (Å²) in [5.41, 5.74) is 0.453. The average Bonchev–Trinajstić information content (AvgIpc) is 2.15. The quantitative estimate of drug-likeness (QED) is 0.736. The molecule has 0 aromatic rings. The van der Waals surface area contributed by atoms with Crippen LogP contribution < -0.4 is 0 Å². The normalized spacial score (nSPS) is 23.8. The van der Waals surface area contributed by atoms with Gasteiger partial charge in [0.1, 0.15) is 0 Å². The Morgan fingerprint density at radius 1 is 1.29 bits per heavy atom. The molecule has 1 unspecified atom stereocenters. The van der Waals surface area contributed by atoms with Crippen molar-refractivity contribution in [2.24, 2.45) is 11.3 Å². The molecule has 0 saturated carbocycles. The van der Waals surface area contributed by atoms with Crippen LogP contribution in [0.25, 0.3) is 0 Å². The molecule has 1 rings (SSSR count). The zero-order chi connectivity index (χ0) is 10.8. The highest BCUT2D eigenvalue weighted by Gasteiger charge is 2.29. The summed E-state index contributed by atoms with van der Waals surface area (Å²) in [4.78, 5) is 2.41. The number of nitrogens with zero attached hydrogens (tertiary/aromatic N) is 1. The van der Waals surface area contributed by atoms with Crippen molar-refractivity contribution in [3.8, 4) is 0 Å². The summed E-state index contributed by atoms with van der Waals surface area (Å²) in [5.74, 6) is 0.852. The second kappa shape index (κ2) is 4.63. The molecule has 84 valence electrons. The van der Waals surface area contributed by atoms with E-state index in [9.17, 15) is 0 Å². The molecule has 1 heterocycles. The van der Waals surface area contributed by atoms with Crippen molar-refractivity contribution in [1.82, 2.24) is 4.90 Å². The first kappa shape index (κ1) is 12.0. The number of aliphatic hydroxyl groups excluding tert-OH is 1. The molecule has 1 fully saturated rings. The molecule has 0 radical (unpaired) electrons. The lowest BCUT2D eigenvalue weighted by Gasteiger charge is -2.40. The molecule has 1 saturated heterocycles. The van der Waals surface area contributed by atoms with Crippen LogP contribution in [0.15, 0.2) is 0 Å². The first-order chi connectivity index (χ1) is 6.45. The SMILES string of the molecule is CC(CO)N1CCC(C(C)(C)C)CC1. The summed E-state index contributed by atoms with van der Waals surface area (Å²) in [6, 6.07) is 0.343. The van der Waals surface area contributed by atoms with Gasteiger partial charge in [0.15, 0.2) is 0 Å². The second-order valence-corrected chi connectivity index (χ2v) is 5.71. The van der Waals surface area contributed by atoms with Gasteiger partial charge in [0.25, 0.3) is 0 Å². The molecule has 1 N–H and O–H groups in total. The molecule has 0 aromatic heterocycles. The van der Waals surface area contributed by atoms with Crippen molar-refractivity contribution in [2.75, 3.05) is 19.7 Å². The Bertz CT molecular complexity index is 166. The number of hydrogen-bond acceptors (Lipinski definition) is 2. The van der Waals surface area contributed by atoms with Crippen LogP contribution in [0, 0.1) is 11.3 Å². The molecular formula is C12H25NO. The van der Waals surface area contributed by atoms with Crippen LogP contribution in [-0.4, -0.2) is 35.7 Å². The predicted octanol–water partition coefficient (Wildman–Crippen LogP) is 2.13. The van der Waals surface area contributed by atoms with E-state index in [4.69, 9.17) is 5.11 Å². The molecule has 1 aliphatic heterocycles. The van der Waals surface area contributed by atoms with E-state index in [2.05, 4.69) is 32.6 Å². The van der Waals surface area contributed by atoms with Gasteiger partial charge in [-0.15, -0.1) is 0 Å². The second-order valence-electron chi connectivity index (χ2n) is 5.71. The zero-order valence-corrected chi connectivity index (χ0v) is 10.1. The highest BCUT2D eigenvalue weighted by atomic mass is 16.3. The van der Waals surface area contributed by atoms with Crippen LogP contribution in [0.5, 0.6) is 0 Å². The Kier molecular flexibility index (Phi) is 3.96. The maximum atomic E-state index is 9.07. The van der Waals surface area contributed by atoms with Crippen LogP contribution in [-0.2, 0) is 0 Å². The third-order valence-corrected chi connectivity index (χ3v) is 3.64. The number of aliphatic hydroxyl groups is 1. The van der Waals surface area contributed by atoms with Gasteiger partial charge in [-0.25, -0.2) is 0 Å². The third-order valence-electron chi connectivity index (χ3n) is 3.64. The zero-order valence-electron chi connectivity index (χ0n) is 10.1. The van der Waals surface area contributed by atoms with Gasteiger partial charge >= 0.3 is 0 Å². The minimum atomic E-state index is 0.292. The minimum absolute atomic E-state index is 0.292. The van der Waals surface area contributed by atoms with Crippen LogP contribution in [0.1, 0.15) is 40.5 Å². The largest absolute Gasteiger partial charge is 0.395 e. The Morgan fingerprint density at radius 2 is 1.79 bits per heavy atom. The molecule has 14 heavy (non-hydrogen) atoms. The number of likely N-dealkylation sites (tertiary alicyclic amines) is 1. The summed E-state index contributed by atoms with van der Waals surface area (Å²) in [5, 5.41) is 9.07. The summed E-state index contributed by atoms with van der Waals surface area (Å²) < 4.78 is 0. The Hall–Kier alpha value is -0.0800. The van der Waals surface area contributed by atoms with Gasteiger partial charge in [-0.1, -0.05) is 20.8 Å². The molecule has 0 aromatic carbocycles. The molecule has 0 amide bonds. The summed E-state index contributed by atoms with van der Waals surface area (Å²) in [6.45, 7) is 11.7. The van der Waals surface area contributed by atoms with Gasteiger partial charge < -0.3 is 5.11 Å². The lowest BCUT2D eigenvalue weighted by molar-refractivity contribution is 0.0643. The van der Waals surface area contributed by atoms with E-state index in [1.54, 1.807) is 0 Å². The number of hydrogen-bond donors (Lipinski definition) is 1. The van der Waals surface area contributed by atoms with E-state index >= 15 is 0 Å². The summed E-state index contributed by atoms with van der Waals surface area (Å²) in [7, 11) is 0. The maximum Gasteiger partial charge on any atom is 0.0584 e. The van der Waals surface area contributed by atoms with Gasteiger partial charge in [-0.3, -0.25) is 4.90 Å². The third kappa shape index (κ3) is 2.96. The fraction of sp³-hybridized carbons (Fsp3) is 1.00. The van der Waals surface area contributed by atoms with E-state index in [-0.39, 0.29) is 0 Å². The molecule has 0 bridgehead atoms. The van der Waals surface area contributed by atoms with E-state index in [0.29, 0.717) is 18.1 Å². The highest BCUT2D eigenvalue weighted by Crippen LogP contribution is 2.34. The monoisotopic (exact) mass is 199 g/mol. The molecule has 1 aliphatic rings. The summed E-state index contributed by atoms with van der Waals surface area (Å²) >= 11 is 0. The average molecular weight is 199 g/mol. The van der Waals surface area contributed by atoms with Crippen molar-refractivity contribution in [1.29, 1.82) is 0 Å². The fourth-order valence-corrected chi connectivity index (χ4v) is 2.32. The van der Waals surface area contributed by atoms with Gasteiger partial charge in [-0.2, -0.15) is 0 Å².